The molecule has 4 nitrogen and oxygen atoms in total. The summed E-state index contributed by atoms with van der Waals surface area (Å²) in [5.41, 5.74) is 3.34. The molecule has 0 N–H and O–H groups in total. The lowest BCUT2D eigenvalue weighted by Crippen LogP contribution is -2.45. The van der Waals surface area contributed by atoms with Gasteiger partial charge in [-0.05, 0) is 43.2 Å². The fourth-order valence-electron chi connectivity index (χ4n) is 4.79. The van der Waals surface area contributed by atoms with Crippen molar-refractivity contribution in [3.8, 4) is 11.5 Å². The number of rotatable bonds is 3. The average molecular weight is 397 g/mol. The molecule has 5 heteroatoms. The second-order valence-corrected chi connectivity index (χ2v) is 8.40. The fourth-order valence-corrected chi connectivity index (χ4v) is 4.97. The van der Waals surface area contributed by atoms with Gasteiger partial charge < -0.3 is 9.47 Å². The van der Waals surface area contributed by atoms with Crippen molar-refractivity contribution in [3.63, 3.8) is 0 Å². The Balaban J connectivity index is 1.53. The second-order valence-electron chi connectivity index (χ2n) is 7.97. The van der Waals surface area contributed by atoms with E-state index in [1.54, 1.807) is 7.11 Å². The van der Waals surface area contributed by atoms with Crippen molar-refractivity contribution in [2.75, 3.05) is 7.11 Å². The van der Waals surface area contributed by atoms with Gasteiger partial charge in [0.15, 0.2) is 6.23 Å². The van der Waals surface area contributed by atoms with Crippen molar-refractivity contribution < 1.29 is 9.47 Å². The first-order valence-corrected chi connectivity index (χ1v) is 10.6. The van der Waals surface area contributed by atoms with Crippen LogP contribution in [0, 0.1) is 5.92 Å². The molecule has 2 atom stereocenters. The molecule has 146 valence electrons. The Morgan fingerprint density at radius 1 is 1.11 bits per heavy atom. The molecule has 0 spiro atoms. The van der Waals surface area contributed by atoms with E-state index >= 15 is 0 Å². The minimum atomic E-state index is 0.00193. The van der Waals surface area contributed by atoms with Crippen LogP contribution in [0.4, 0.5) is 0 Å². The van der Waals surface area contributed by atoms with Gasteiger partial charge in [0.1, 0.15) is 11.5 Å². The smallest absolute Gasteiger partial charge is 0.190 e. The van der Waals surface area contributed by atoms with Gasteiger partial charge >= 0.3 is 0 Å². The van der Waals surface area contributed by atoms with E-state index in [-0.39, 0.29) is 12.3 Å². The number of methoxy groups -OCH3 is 1. The van der Waals surface area contributed by atoms with Gasteiger partial charge in [-0.3, -0.25) is 0 Å². The van der Waals surface area contributed by atoms with Gasteiger partial charge in [0, 0.05) is 28.5 Å². The molecule has 5 rings (SSSR count). The number of fused-ring (bicyclic) bond motifs is 3. The van der Waals surface area contributed by atoms with Crippen molar-refractivity contribution in [1.82, 2.24) is 5.01 Å². The summed E-state index contributed by atoms with van der Waals surface area (Å²) in [6.07, 6.45) is 7.17. The number of hydrogen-bond donors (Lipinski definition) is 0. The first-order chi connectivity index (χ1) is 13.7. The molecular formula is C23H25ClN2O2. The van der Waals surface area contributed by atoms with E-state index in [9.17, 15) is 0 Å². The normalized spacial score (nSPS) is 24.2. The Hall–Kier alpha value is -2.20. The predicted molar refractivity (Wildman–Crippen MR) is 111 cm³/mol. The zero-order chi connectivity index (χ0) is 19.1. The minimum absolute atomic E-state index is 0.00193. The molecule has 0 bridgehead atoms. The third-order valence-corrected chi connectivity index (χ3v) is 6.47. The van der Waals surface area contributed by atoms with Crippen LogP contribution in [0.15, 0.2) is 47.6 Å². The largest absolute Gasteiger partial charge is 0.497 e. The molecule has 1 aliphatic carbocycles. The SMILES string of the molecule is COc1cccc(C2=NN3[C@@H](C4CCCCC4)Oc4ccc(Cl)cc4[C@@H]3C2)c1. The molecule has 1 fully saturated rings. The summed E-state index contributed by atoms with van der Waals surface area (Å²) in [6, 6.07) is 14.3. The molecule has 28 heavy (non-hydrogen) atoms. The molecule has 0 unspecified atom stereocenters. The molecule has 1 saturated carbocycles. The Labute approximate surface area is 171 Å². The van der Waals surface area contributed by atoms with Crippen LogP contribution in [0.5, 0.6) is 11.5 Å². The molecule has 2 aromatic rings. The molecule has 0 aromatic heterocycles. The number of hydrogen-bond acceptors (Lipinski definition) is 4. The van der Waals surface area contributed by atoms with Crippen LogP contribution in [0.2, 0.25) is 5.02 Å². The van der Waals surface area contributed by atoms with Crippen LogP contribution in [-0.4, -0.2) is 24.1 Å². The highest BCUT2D eigenvalue weighted by atomic mass is 35.5. The summed E-state index contributed by atoms with van der Waals surface area (Å²) in [5.74, 6) is 2.34. The monoisotopic (exact) mass is 396 g/mol. The Morgan fingerprint density at radius 2 is 1.96 bits per heavy atom. The third-order valence-electron chi connectivity index (χ3n) is 6.24. The molecule has 2 heterocycles. The van der Waals surface area contributed by atoms with Gasteiger partial charge in [0.2, 0.25) is 0 Å². The third kappa shape index (κ3) is 3.14. The van der Waals surface area contributed by atoms with Gasteiger partial charge in [0.25, 0.3) is 0 Å². The quantitative estimate of drug-likeness (QED) is 0.657. The van der Waals surface area contributed by atoms with Crippen LogP contribution in [-0.2, 0) is 0 Å². The molecule has 0 radical (unpaired) electrons. The molecule has 3 aliphatic rings. The summed E-state index contributed by atoms with van der Waals surface area (Å²) >= 11 is 6.32. The van der Waals surface area contributed by atoms with E-state index in [0.717, 1.165) is 39.8 Å². The molecular weight excluding hydrogens is 372 g/mol. The van der Waals surface area contributed by atoms with Gasteiger partial charge in [-0.25, -0.2) is 5.01 Å². The Kier molecular flexibility index (Phi) is 4.67. The topological polar surface area (TPSA) is 34.1 Å². The minimum Gasteiger partial charge on any atom is -0.497 e. The maximum atomic E-state index is 6.50. The molecule has 0 amide bonds. The zero-order valence-corrected chi connectivity index (χ0v) is 16.9. The van der Waals surface area contributed by atoms with Crippen LogP contribution in [0.1, 0.15) is 55.7 Å². The van der Waals surface area contributed by atoms with Gasteiger partial charge in [-0.1, -0.05) is 43.0 Å². The van der Waals surface area contributed by atoms with Crippen molar-refractivity contribution in [2.24, 2.45) is 11.0 Å². The number of nitrogens with zero attached hydrogens (tertiary/aromatic N) is 2. The summed E-state index contributed by atoms with van der Waals surface area (Å²) in [5, 5.41) is 8.02. The van der Waals surface area contributed by atoms with Crippen molar-refractivity contribution in [1.29, 1.82) is 0 Å². The van der Waals surface area contributed by atoms with Gasteiger partial charge in [0.05, 0.1) is 18.9 Å². The van der Waals surface area contributed by atoms with E-state index in [4.69, 9.17) is 26.2 Å². The highest BCUT2D eigenvalue weighted by molar-refractivity contribution is 6.30. The Morgan fingerprint density at radius 3 is 2.79 bits per heavy atom. The molecule has 0 saturated heterocycles. The highest BCUT2D eigenvalue weighted by Gasteiger charge is 2.43. The number of hydrazone groups is 1. The predicted octanol–water partition coefficient (Wildman–Crippen LogP) is 5.80. The average Bonchev–Trinajstić information content (AvgIpc) is 3.20. The van der Waals surface area contributed by atoms with Crippen molar-refractivity contribution in [3.05, 3.63) is 58.6 Å². The van der Waals surface area contributed by atoms with E-state index in [1.165, 1.54) is 32.1 Å². The first kappa shape index (κ1) is 17.9. The van der Waals surface area contributed by atoms with E-state index in [0.29, 0.717) is 5.92 Å². The van der Waals surface area contributed by atoms with E-state index < -0.39 is 0 Å². The van der Waals surface area contributed by atoms with Gasteiger partial charge in [-0.2, -0.15) is 5.10 Å². The Bertz CT molecular complexity index is 907. The van der Waals surface area contributed by atoms with Crippen molar-refractivity contribution in [2.45, 2.75) is 50.8 Å². The second kappa shape index (κ2) is 7.32. The van der Waals surface area contributed by atoms with Crippen LogP contribution in [0.3, 0.4) is 0 Å². The highest BCUT2D eigenvalue weighted by Crippen LogP contribution is 2.47. The number of halogens is 1. The van der Waals surface area contributed by atoms with Crippen LogP contribution < -0.4 is 9.47 Å². The lowest BCUT2D eigenvalue weighted by atomic mass is 9.86. The summed E-state index contributed by atoms with van der Waals surface area (Å²) in [6.45, 7) is 0. The van der Waals surface area contributed by atoms with Crippen LogP contribution >= 0.6 is 11.6 Å². The summed E-state index contributed by atoms with van der Waals surface area (Å²) < 4.78 is 11.9. The van der Waals surface area contributed by atoms with Crippen LogP contribution in [0.25, 0.3) is 0 Å². The first-order valence-electron chi connectivity index (χ1n) is 10.2. The van der Waals surface area contributed by atoms with Gasteiger partial charge in [-0.15, -0.1) is 0 Å². The molecule has 2 aromatic carbocycles. The molecule has 2 aliphatic heterocycles. The standard InChI is InChI=1S/C23H25ClN2O2/c1-27-18-9-5-8-16(12-18)20-14-21-19-13-17(24)10-11-22(19)28-23(26(21)25-20)15-6-3-2-4-7-15/h5,8-13,15,21,23H,2-4,6-7,14H2,1H3/t21-,23+/m0/s1. The fraction of sp³-hybridized carbons (Fsp3) is 0.435. The number of benzene rings is 2. The van der Waals surface area contributed by atoms with E-state index in [2.05, 4.69) is 17.1 Å². The van der Waals surface area contributed by atoms with E-state index in [1.807, 2.05) is 30.3 Å². The summed E-state index contributed by atoms with van der Waals surface area (Å²) in [7, 11) is 1.70. The number of ether oxygens (including phenoxy) is 2. The lowest BCUT2D eigenvalue weighted by Gasteiger charge is -2.42. The summed E-state index contributed by atoms with van der Waals surface area (Å²) in [4.78, 5) is 0. The maximum absolute atomic E-state index is 6.50. The zero-order valence-electron chi connectivity index (χ0n) is 16.1. The maximum Gasteiger partial charge on any atom is 0.190 e. The van der Waals surface area contributed by atoms with Crippen molar-refractivity contribution >= 4 is 17.3 Å². The lowest BCUT2D eigenvalue weighted by molar-refractivity contribution is -0.0643.